The fourth-order valence-corrected chi connectivity index (χ4v) is 3.43. The maximum Gasteiger partial charge on any atom is 0.155 e. The second-order valence-electron chi connectivity index (χ2n) is 9.97. The third-order valence-electron chi connectivity index (χ3n) is 5.14. The minimum absolute atomic E-state index is 0.226. The van der Waals surface area contributed by atoms with Gasteiger partial charge in [-0.15, -0.1) is 5.54 Å². The van der Waals surface area contributed by atoms with Gasteiger partial charge in [0.25, 0.3) is 0 Å². The molecule has 0 aliphatic carbocycles. The van der Waals surface area contributed by atoms with E-state index in [1.807, 2.05) is 92.6 Å². The minimum Gasteiger partial charge on any atom is -0.378 e. The molecule has 0 fully saturated rings. The molecule has 0 aliphatic heterocycles. The largest absolute Gasteiger partial charge is 0.378 e. The maximum atomic E-state index is 9.48. The molecule has 2 aromatic rings. The molecule has 6 heteroatoms. The Morgan fingerprint density at radius 3 is 1.25 bits per heavy atom. The van der Waals surface area contributed by atoms with Crippen molar-refractivity contribution in [3.63, 3.8) is 0 Å². The van der Waals surface area contributed by atoms with Crippen molar-refractivity contribution in [1.29, 1.82) is 15.8 Å². The van der Waals surface area contributed by atoms with E-state index in [-0.39, 0.29) is 11.1 Å². The highest BCUT2D eigenvalue weighted by Crippen LogP contribution is 2.14. The molecule has 2 aromatic carbocycles. The molecule has 0 spiro atoms. The van der Waals surface area contributed by atoms with Crippen LogP contribution >= 0.6 is 0 Å². The van der Waals surface area contributed by atoms with E-state index in [0.29, 0.717) is 11.1 Å². The maximum absolute atomic E-state index is 9.48. The Kier molecular flexibility index (Phi) is 11.0. The Bertz CT molecular complexity index is 1610. The summed E-state index contributed by atoms with van der Waals surface area (Å²) >= 11 is 0. The third kappa shape index (κ3) is 9.72. The topological polar surface area (TPSA) is 77.8 Å². The SMILES string of the molecule is CN(C)c1ccc(C#CC(C#Cc2ccc(N(C)C)cc2)=C(C#CC(C#N)=C(C#N)C#N)C#C[Si](C)(C)C)cc1. The summed E-state index contributed by atoms with van der Waals surface area (Å²) in [6.45, 7) is 6.31. The van der Waals surface area contributed by atoms with Gasteiger partial charge < -0.3 is 9.80 Å². The number of anilines is 2. The van der Waals surface area contributed by atoms with E-state index in [2.05, 4.69) is 66.6 Å². The molecule has 0 saturated heterocycles. The summed E-state index contributed by atoms with van der Waals surface area (Å²) in [5.74, 6) is 21.3. The van der Waals surface area contributed by atoms with E-state index in [1.54, 1.807) is 12.1 Å². The van der Waals surface area contributed by atoms with E-state index >= 15 is 0 Å². The Labute approximate surface area is 239 Å². The van der Waals surface area contributed by atoms with Crippen molar-refractivity contribution in [1.82, 2.24) is 0 Å². The van der Waals surface area contributed by atoms with Crippen molar-refractivity contribution < 1.29 is 0 Å². The molecule has 40 heavy (non-hydrogen) atoms. The van der Waals surface area contributed by atoms with Crippen molar-refractivity contribution in [3.05, 3.63) is 82.0 Å². The van der Waals surface area contributed by atoms with Crippen LogP contribution in [0.2, 0.25) is 19.6 Å². The van der Waals surface area contributed by atoms with Crippen molar-refractivity contribution >= 4 is 19.4 Å². The van der Waals surface area contributed by atoms with Crippen molar-refractivity contribution in [2.45, 2.75) is 19.6 Å². The molecule has 0 saturated carbocycles. The minimum atomic E-state index is -1.82. The molecule has 0 amide bonds. The van der Waals surface area contributed by atoms with Crippen LogP contribution in [0.15, 0.2) is 70.8 Å². The summed E-state index contributed by atoms with van der Waals surface area (Å²) in [4.78, 5) is 4.01. The van der Waals surface area contributed by atoms with Gasteiger partial charge in [-0.25, -0.2) is 0 Å². The normalized spacial score (nSPS) is 9.00. The predicted molar refractivity (Wildman–Crippen MR) is 165 cm³/mol. The van der Waals surface area contributed by atoms with Crippen molar-refractivity contribution in [2.24, 2.45) is 0 Å². The lowest BCUT2D eigenvalue weighted by molar-refractivity contribution is 1.13. The highest BCUT2D eigenvalue weighted by atomic mass is 28.3. The van der Waals surface area contributed by atoms with E-state index in [1.165, 1.54) is 0 Å². The summed E-state index contributed by atoms with van der Waals surface area (Å²) in [5, 5.41) is 27.9. The van der Waals surface area contributed by atoms with E-state index in [0.717, 1.165) is 22.5 Å². The summed E-state index contributed by atoms with van der Waals surface area (Å²) in [6, 6.07) is 20.9. The Morgan fingerprint density at radius 2 is 0.900 bits per heavy atom. The van der Waals surface area contributed by atoms with Gasteiger partial charge in [-0.1, -0.05) is 49.2 Å². The van der Waals surface area contributed by atoms with Crippen LogP contribution in [0, 0.1) is 81.0 Å². The number of nitriles is 3. The van der Waals surface area contributed by atoms with Crippen LogP contribution < -0.4 is 9.80 Å². The number of hydrogen-bond donors (Lipinski definition) is 0. The van der Waals surface area contributed by atoms with Crippen LogP contribution in [0.25, 0.3) is 0 Å². The fraction of sp³-hybridized carbons (Fsp3) is 0.206. The number of benzene rings is 2. The van der Waals surface area contributed by atoms with E-state index in [9.17, 15) is 15.8 Å². The standard InChI is InChI=1S/C34H29N5Si/c1-38(2)33-18-10-27(11-19-33)8-14-29(15-9-28-12-20-34(21-13-28)39(3)4)30(22-23-40(5,6)7)16-17-31(24-35)32(25-36)26-37/h10-13,18-21H,1-7H3. The molecule has 0 N–H and O–H groups in total. The van der Waals surface area contributed by atoms with Gasteiger partial charge in [0, 0.05) is 50.7 Å². The fourth-order valence-electron chi connectivity index (χ4n) is 2.93. The zero-order chi connectivity index (χ0) is 29.7. The summed E-state index contributed by atoms with van der Waals surface area (Å²) in [6.07, 6.45) is 0. The Balaban J connectivity index is 2.82. The van der Waals surface area contributed by atoms with Crippen molar-refractivity contribution in [2.75, 3.05) is 38.0 Å². The number of hydrogen-bond acceptors (Lipinski definition) is 5. The average Bonchev–Trinajstić information content (AvgIpc) is 2.92. The second-order valence-corrected chi connectivity index (χ2v) is 14.7. The summed E-state index contributed by atoms with van der Waals surface area (Å²) in [5.41, 5.74) is 7.12. The van der Waals surface area contributed by atoms with Crippen molar-refractivity contribution in [3.8, 4) is 65.2 Å². The van der Waals surface area contributed by atoms with Crippen LogP contribution in [-0.2, 0) is 0 Å². The molecule has 0 atom stereocenters. The highest BCUT2D eigenvalue weighted by molar-refractivity contribution is 6.83. The lowest BCUT2D eigenvalue weighted by Crippen LogP contribution is -2.16. The zero-order valence-corrected chi connectivity index (χ0v) is 24.9. The molecule has 0 bridgehead atoms. The molecule has 2 rings (SSSR count). The lowest BCUT2D eigenvalue weighted by atomic mass is 10.1. The monoisotopic (exact) mass is 535 g/mol. The molecular weight excluding hydrogens is 506 g/mol. The van der Waals surface area contributed by atoms with Gasteiger partial charge in [0.05, 0.1) is 11.1 Å². The smallest absolute Gasteiger partial charge is 0.155 e. The first-order chi connectivity index (χ1) is 19.0. The van der Waals surface area contributed by atoms with Crippen LogP contribution in [0.3, 0.4) is 0 Å². The number of allylic oxidation sites excluding steroid dienone is 4. The van der Waals surface area contributed by atoms with E-state index in [4.69, 9.17) is 0 Å². The third-order valence-corrected chi connectivity index (χ3v) is 6.02. The molecule has 5 nitrogen and oxygen atoms in total. The van der Waals surface area contributed by atoms with E-state index < -0.39 is 8.07 Å². The molecule has 194 valence electrons. The summed E-state index contributed by atoms with van der Waals surface area (Å²) in [7, 11) is 6.06. The van der Waals surface area contributed by atoms with Gasteiger partial charge in [0.2, 0.25) is 0 Å². The van der Waals surface area contributed by atoms with Crippen LogP contribution in [0.4, 0.5) is 11.4 Å². The Morgan fingerprint density at radius 1 is 0.525 bits per heavy atom. The summed E-state index contributed by atoms with van der Waals surface area (Å²) < 4.78 is 0. The number of nitrogens with zero attached hydrogens (tertiary/aromatic N) is 5. The van der Waals surface area contributed by atoms with Crippen LogP contribution in [0.1, 0.15) is 11.1 Å². The lowest BCUT2D eigenvalue weighted by Gasteiger charge is -2.11. The first-order valence-electron chi connectivity index (χ1n) is 12.3. The van der Waals surface area contributed by atoms with Gasteiger partial charge in [-0.05, 0) is 60.4 Å². The molecule has 0 radical (unpaired) electrons. The van der Waals surface area contributed by atoms with Gasteiger partial charge in [0.15, 0.2) is 5.57 Å². The highest BCUT2D eigenvalue weighted by Gasteiger charge is 2.09. The zero-order valence-electron chi connectivity index (χ0n) is 23.9. The first kappa shape index (κ1) is 30.7. The first-order valence-corrected chi connectivity index (χ1v) is 15.8. The molecule has 0 unspecified atom stereocenters. The average molecular weight is 536 g/mol. The second kappa shape index (κ2) is 14.4. The quantitative estimate of drug-likeness (QED) is 0.297. The van der Waals surface area contributed by atoms with Crippen LogP contribution in [0.5, 0.6) is 0 Å². The van der Waals surface area contributed by atoms with Gasteiger partial charge in [0.1, 0.15) is 31.9 Å². The molecule has 0 aromatic heterocycles. The van der Waals surface area contributed by atoms with Gasteiger partial charge in [-0.2, -0.15) is 15.8 Å². The molecular formula is C34H29N5Si. The Hall–Kier alpha value is -5.55. The van der Waals surface area contributed by atoms with Gasteiger partial charge in [-0.3, -0.25) is 0 Å². The molecule has 0 heterocycles. The van der Waals surface area contributed by atoms with Gasteiger partial charge >= 0.3 is 0 Å². The van der Waals surface area contributed by atoms with Crippen LogP contribution in [-0.4, -0.2) is 36.3 Å². The predicted octanol–water partition coefficient (Wildman–Crippen LogP) is 5.27. The molecule has 0 aliphatic rings. The number of rotatable bonds is 2.